The molecule has 0 unspecified atom stereocenters. The molecular formula is C12H14FN3O3. The fourth-order valence-corrected chi connectivity index (χ4v) is 1.85. The Morgan fingerprint density at radius 3 is 3.05 bits per heavy atom. The largest absolute Gasteiger partial charge is 0.465 e. The highest BCUT2D eigenvalue weighted by atomic mass is 19.1. The number of anilines is 1. The molecule has 0 spiro atoms. The fraction of sp³-hybridized carbons (Fsp3) is 0.333. The average Bonchev–Trinajstić information content (AvgIpc) is 2.61. The van der Waals surface area contributed by atoms with Crippen molar-refractivity contribution in [3.63, 3.8) is 0 Å². The third kappa shape index (κ3) is 2.82. The van der Waals surface area contributed by atoms with E-state index in [9.17, 15) is 9.18 Å². The average molecular weight is 267 g/mol. The van der Waals surface area contributed by atoms with Crippen molar-refractivity contribution in [3.05, 3.63) is 29.2 Å². The molecule has 1 aliphatic rings. The van der Waals surface area contributed by atoms with Crippen molar-refractivity contribution in [1.82, 2.24) is 9.88 Å². The third-order valence-electron chi connectivity index (χ3n) is 2.80. The number of aliphatic hydroxyl groups excluding tert-OH is 1. The molecule has 3 N–H and O–H groups in total. The van der Waals surface area contributed by atoms with Gasteiger partial charge in [0.2, 0.25) is 0 Å². The molecule has 0 aliphatic carbocycles. The van der Waals surface area contributed by atoms with Crippen LogP contribution >= 0.6 is 0 Å². The highest BCUT2D eigenvalue weighted by Crippen LogP contribution is 2.24. The Hall–Kier alpha value is -2.15. The minimum Gasteiger partial charge on any atom is -0.465 e. The first-order valence-electron chi connectivity index (χ1n) is 5.80. The maximum atomic E-state index is 14.2. The van der Waals surface area contributed by atoms with Crippen LogP contribution < -0.4 is 5.32 Å². The van der Waals surface area contributed by atoms with Crippen LogP contribution in [-0.4, -0.2) is 45.9 Å². The summed E-state index contributed by atoms with van der Waals surface area (Å²) in [5.74, 6) is -0.558. The van der Waals surface area contributed by atoms with Crippen molar-refractivity contribution in [2.75, 3.05) is 25.0 Å². The number of aromatic nitrogens is 1. The van der Waals surface area contributed by atoms with Gasteiger partial charge in [-0.15, -0.1) is 0 Å². The van der Waals surface area contributed by atoms with Crippen molar-refractivity contribution in [2.24, 2.45) is 0 Å². The molecular weight excluding hydrogens is 253 g/mol. The molecule has 1 amide bonds. The number of amides is 1. The van der Waals surface area contributed by atoms with Crippen LogP contribution in [0.2, 0.25) is 0 Å². The summed E-state index contributed by atoms with van der Waals surface area (Å²) >= 11 is 0. The number of carboxylic acid groups (broad SMARTS) is 1. The van der Waals surface area contributed by atoms with Crippen molar-refractivity contribution >= 4 is 18.0 Å². The first-order valence-corrected chi connectivity index (χ1v) is 5.80. The van der Waals surface area contributed by atoms with E-state index in [2.05, 4.69) is 10.3 Å². The van der Waals surface area contributed by atoms with Gasteiger partial charge in [0.25, 0.3) is 0 Å². The van der Waals surface area contributed by atoms with Crippen molar-refractivity contribution in [3.8, 4) is 0 Å². The molecule has 0 atom stereocenters. The van der Waals surface area contributed by atoms with E-state index in [1.54, 1.807) is 12.2 Å². The molecule has 1 aromatic rings. The predicted octanol–water partition coefficient (Wildman–Crippen LogP) is 1.13. The van der Waals surface area contributed by atoms with E-state index in [4.69, 9.17) is 10.2 Å². The van der Waals surface area contributed by atoms with E-state index in [1.165, 1.54) is 6.20 Å². The molecule has 19 heavy (non-hydrogen) atoms. The smallest absolute Gasteiger partial charge is 0.407 e. The Bertz CT molecular complexity index is 519. The molecule has 0 saturated carbocycles. The van der Waals surface area contributed by atoms with E-state index in [-0.39, 0.29) is 37.6 Å². The van der Waals surface area contributed by atoms with E-state index in [0.29, 0.717) is 5.56 Å². The van der Waals surface area contributed by atoms with Crippen LogP contribution in [0, 0.1) is 5.82 Å². The summed E-state index contributed by atoms with van der Waals surface area (Å²) in [6, 6.07) is 0. The van der Waals surface area contributed by atoms with Gasteiger partial charge in [-0.05, 0) is 0 Å². The summed E-state index contributed by atoms with van der Waals surface area (Å²) in [5, 5.41) is 20.4. The molecule has 0 saturated heterocycles. The van der Waals surface area contributed by atoms with E-state index in [0.717, 1.165) is 4.90 Å². The number of hydrogen-bond acceptors (Lipinski definition) is 4. The second-order valence-corrected chi connectivity index (χ2v) is 4.07. The summed E-state index contributed by atoms with van der Waals surface area (Å²) in [6.45, 7) is 0.225. The van der Waals surface area contributed by atoms with Gasteiger partial charge in [-0.25, -0.2) is 14.2 Å². The molecule has 0 bridgehead atoms. The van der Waals surface area contributed by atoms with Crippen LogP contribution in [0.15, 0.2) is 12.3 Å². The van der Waals surface area contributed by atoms with Crippen molar-refractivity contribution in [1.29, 1.82) is 0 Å². The Morgan fingerprint density at radius 2 is 2.37 bits per heavy atom. The topological polar surface area (TPSA) is 85.7 Å². The van der Waals surface area contributed by atoms with Gasteiger partial charge < -0.3 is 20.4 Å². The minimum atomic E-state index is -1.10. The zero-order valence-corrected chi connectivity index (χ0v) is 10.1. The Morgan fingerprint density at radius 1 is 1.58 bits per heavy atom. The minimum absolute atomic E-state index is 0.0217. The lowest BCUT2D eigenvalue weighted by Crippen LogP contribution is -2.29. The molecule has 6 nitrogen and oxygen atoms in total. The summed E-state index contributed by atoms with van der Waals surface area (Å²) in [4.78, 5) is 16.0. The maximum Gasteiger partial charge on any atom is 0.407 e. The van der Waals surface area contributed by atoms with Crippen molar-refractivity contribution < 1.29 is 19.4 Å². The molecule has 7 heteroatoms. The molecule has 0 radical (unpaired) electrons. The highest BCUT2D eigenvalue weighted by Gasteiger charge is 2.20. The number of nitrogens with one attached hydrogen (secondary N) is 1. The summed E-state index contributed by atoms with van der Waals surface area (Å²) in [6.07, 6.45) is 3.70. The lowest BCUT2D eigenvalue weighted by atomic mass is 10.1. The molecule has 1 aromatic heterocycles. The summed E-state index contributed by atoms with van der Waals surface area (Å²) in [7, 11) is 0. The first-order chi connectivity index (χ1) is 9.13. The lowest BCUT2D eigenvalue weighted by Gasteiger charge is -2.17. The quantitative estimate of drug-likeness (QED) is 0.764. The number of fused-ring (bicyclic) bond motifs is 1. The van der Waals surface area contributed by atoms with Gasteiger partial charge in [0, 0.05) is 30.4 Å². The van der Waals surface area contributed by atoms with Crippen LogP contribution in [0.25, 0.3) is 6.08 Å². The molecule has 102 valence electrons. The fourth-order valence-electron chi connectivity index (χ4n) is 1.85. The Kier molecular flexibility index (Phi) is 3.96. The SMILES string of the molecule is O=C(O)N1CC=Cc2cnc(NCCO)c(F)c2C1. The lowest BCUT2D eigenvalue weighted by molar-refractivity contribution is 0.147. The number of aliphatic hydroxyl groups is 1. The van der Waals surface area contributed by atoms with Gasteiger partial charge in [-0.3, -0.25) is 0 Å². The van der Waals surface area contributed by atoms with E-state index < -0.39 is 11.9 Å². The van der Waals surface area contributed by atoms with Gasteiger partial charge in [0.05, 0.1) is 13.2 Å². The summed E-state index contributed by atoms with van der Waals surface area (Å²) in [5.41, 5.74) is 0.849. The van der Waals surface area contributed by atoms with Crippen LogP contribution in [0.5, 0.6) is 0 Å². The number of halogens is 1. The van der Waals surface area contributed by atoms with Gasteiger partial charge in [-0.2, -0.15) is 0 Å². The number of rotatable bonds is 3. The van der Waals surface area contributed by atoms with Crippen LogP contribution in [0.1, 0.15) is 11.1 Å². The molecule has 2 rings (SSSR count). The van der Waals surface area contributed by atoms with Gasteiger partial charge in [0.15, 0.2) is 11.6 Å². The maximum absolute atomic E-state index is 14.2. The van der Waals surface area contributed by atoms with Crippen molar-refractivity contribution in [2.45, 2.75) is 6.54 Å². The normalized spacial score (nSPS) is 13.9. The van der Waals surface area contributed by atoms with Gasteiger partial charge in [0.1, 0.15) is 0 Å². The standard InChI is InChI=1S/C12H14FN3O3/c13-10-9-7-16(12(18)19)4-1-2-8(9)6-15-11(10)14-3-5-17/h1-2,6,17H,3-5,7H2,(H,14,15)(H,18,19). The van der Waals surface area contributed by atoms with Crippen LogP contribution in [0.3, 0.4) is 0 Å². The van der Waals surface area contributed by atoms with E-state index in [1.807, 2.05) is 0 Å². The predicted molar refractivity (Wildman–Crippen MR) is 67.2 cm³/mol. The second-order valence-electron chi connectivity index (χ2n) is 4.07. The second kappa shape index (κ2) is 5.66. The number of hydrogen-bond donors (Lipinski definition) is 3. The Balaban J connectivity index is 2.35. The van der Waals surface area contributed by atoms with Crippen LogP contribution in [0.4, 0.5) is 15.0 Å². The number of nitrogens with zero attached hydrogens (tertiary/aromatic N) is 2. The number of pyridine rings is 1. The zero-order chi connectivity index (χ0) is 13.8. The highest BCUT2D eigenvalue weighted by molar-refractivity contribution is 5.67. The number of carbonyl (C=O) groups is 1. The molecule has 0 aromatic carbocycles. The molecule has 2 heterocycles. The van der Waals surface area contributed by atoms with Gasteiger partial charge in [-0.1, -0.05) is 12.2 Å². The van der Waals surface area contributed by atoms with Gasteiger partial charge >= 0.3 is 6.09 Å². The summed E-state index contributed by atoms with van der Waals surface area (Å²) < 4.78 is 14.2. The Labute approximate surface area is 109 Å². The zero-order valence-electron chi connectivity index (χ0n) is 10.1. The third-order valence-corrected chi connectivity index (χ3v) is 2.80. The van der Waals surface area contributed by atoms with Crippen LogP contribution in [-0.2, 0) is 6.54 Å². The first kappa shape index (κ1) is 13.3. The monoisotopic (exact) mass is 267 g/mol. The molecule has 1 aliphatic heterocycles. The molecule has 0 fully saturated rings. The van der Waals surface area contributed by atoms with E-state index >= 15 is 0 Å².